The third kappa shape index (κ3) is 5.15. The van der Waals surface area contributed by atoms with Gasteiger partial charge in [0, 0.05) is 23.2 Å². The van der Waals surface area contributed by atoms with Crippen molar-refractivity contribution in [1.82, 2.24) is 15.2 Å². The molecule has 2 aromatic rings. The average Bonchev–Trinajstić information content (AvgIpc) is 3.48. The third-order valence-electron chi connectivity index (χ3n) is 6.68. The predicted octanol–water partition coefficient (Wildman–Crippen LogP) is -2.08. The van der Waals surface area contributed by atoms with Crippen LogP contribution in [0, 0.1) is 0 Å². The van der Waals surface area contributed by atoms with Crippen molar-refractivity contribution in [2.75, 3.05) is 17.2 Å². The molecule has 3 aliphatic heterocycles. The van der Waals surface area contributed by atoms with Gasteiger partial charge in [0.05, 0.1) is 6.04 Å². The Kier molecular flexibility index (Phi) is 8.11. The molecule has 0 spiro atoms. The Labute approximate surface area is 249 Å². The first-order valence-electron chi connectivity index (χ1n) is 11.5. The number of hydrogen-bond donors (Lipinski definition) is 5. The van der Waals surface area contributed by atoms with Crippen LogP contribution in [0.3, 0.4) is 0 Å². The molecule has 2 saturated heterocycles. The maximum Gasteiger partial charge on any atom is 1.00 e. The number of carbonyl (C=O) groups is 4. The van der Waals surface area contributed by atoms with Gasteiger partial charge in [0.15, 0.2) is 10.8 Å². The molecule has 5 rings (SSSR count). The number of benzene rings is 1. The van der Waals surface area contributed by atoms with Crippen molar-refractivity contribution in [3.8, 4) is 5.75 Å². The summed E-state index contributed by atoms with van der Waals surface area (Å²) in [6.07, 6.45) is 2.53. The number of aliphatic carboxylic acids is 1. The van der Waals surface area contributed by atoms with E-state index in [0.717, 1.165) is 16.2 Å². The Morgan fingerprint density at radius 3 is 2.56 bits per heavy atom. The topological polar surface area (TPSA) is 199 Å². The van der Waals surface area contributed by atoms with Gasteiger partial charge in [0.1, 0.15) is 23.2 Å². The molecule has 0 aliphatic carbocycles. The van der Waals surface area contributed by atoms with Crippen molar-refractivity contribution in [2.24, 2.45) is 5.16 Å². The average molecular weight is 563 g/mol. The molecule has 2 fully saturated rings. The number of carboxylic acids is 1. The largest absolute Gasteiger partial charge is 1.00 e. The molecule has 0 unspecified atom stereocenters. The zero-order chi connectivity index (χ0) is 27.1. The summed E-state index contributed by atoms with van der Waals surface area (Å²) in [6.45, 7) is 0.393. The number of amides is 3. The van der Waals surface area contributed by atoms with Gasteiger partial charge in [0.25, 0.3) is 17.7 Å². The summed E-state index contributed by atoms with van der Waals surface area (Å²) in [6, 6.07) is 4.55. The molecule has 15 heteroatoms. The van der Waals surface area contributed by atoms with E-state index in [9.17, 15) is 34.6 Å². The number of carboxylic acid groups (broad SMARTS) is 1. The minimum atomic E-state index is -1.32. The van der Waals surface area contributed by atoms with Gasteiger partial charge in [-0.2, -0.15) is 0 Å². The number of aromatic nitrogens is 1. The molecule has 1 aromatic heterocycles. The smallest absolute Gasteiger partial charge is 1.00 e. The van der Waals surface area contributed by atoms with Crippen molar-refractivity contribution in [2.45, 2.75) is 31.3 Å². The molecule has 1 aromatic carbocycles. The second kappa shape index (κ2) is 11.2. The number of β-lactam (4-membered cyclic amide) rings is 1. The minimum Gasteiger partial charge on any atom is -1.00 e. The number of anilines is 2. The summed E-state index contributed by atoms with van der Waals surface area (Å²) in [5, 5.41) is 35.8. The monoisotopic (exact) mass is 562 g/mol. The molecule has 3 amide bonds. The second-order valence-electron chi connectivity index (χ2n) is 8.86. The molecule has 198 valence electrons. The van der Waals surface area contributed by atoms with Gasteiger partial charge in [-0.25, -0.2) is 9.78 Å². The number of thiazole rings is 1. The number of nitrogens with one attached hydrogen (secondary N) is 1. The van der Waals surface area contributed by atoms with Crippen molar-refractivity contribution in [3.05, 3.63) is 58.3 Å². The Morgan fingerprint density at radius 2 is 1.95 bits per heavy atom. The first kappa shape index (κ1) is 28.3. The van der Waals surface area contributed by atoms with E-state index in [4.69, 9.17) is 5.73 Å². The number of oxime groups is 1. The van der Waals surface area contributed by atoms with Gasteiger partial charge >= 0.3 is 35.5 Å². The van der Waals surface area contributed by atoms with E-state index < -0.39 is 35.6 Å². The minimum absolute atomic E-state index is 0. The van der Waals surface area contributed by atoms with Crippen LogP contribution in [0.1, 0.15) is 26.4 Å². The van der Waals surface area contributed by atoms with E-state index in [2.05, 4.69) is 15.5 Å². The first-order chi connectivity index (χ1) is 18.2. The van der Waals surface area contributed by atoms with Gasteiger partial charge in [-0.1, -0.05) is 5.16 Å². The molecule has 0 saturated carbocycles. The van der Waals surface area contributed by atoms with Crippen LogP contribution in [-0.2, 0) is 19.2 Å². The van der Waals surface area contributed by atoms with Crippen LogP contribution in [-0.4, -0.2) is 73.3 Å². The van der Waals surface area contributed by atoms with E-state index in [-0.39, 0.29) is 65.6 Å². The normalized spacial score (nSPS) is 21.9. The predicted molar refractivity (Wildman–Crippen MR) is 136 cm³/mol. The Balaban J connectivity index is 0.00000220. The van der Waals surface area contributed by atoms with Crippen LogP contribution in [0.25, 0.3) is 0 Å². The van der Waals surface area contributed by atoms with E-state index in [0.29, 0.717) is 36.2 Å². The summed E-state index contributed by atoms with van der Waals surface area (Å²) in [4.78, 5) is 57.4. The van der Waals surface area contributed by atoms with Gasteiger partial charge in [-0.3, -0.25) is 19.3 Å². The summed E-state index contributed by atoms with van der Waals surface area (Å²) in [5.41, 5.74) is 6.32. The van der Waals surface area contributed by atoms with E-state index in [1.54, 1.807) is 12.1 Å². The summed E-state index contributed by atoms with van der Waals surface area (Å²) >= 11 is 1.04. The molecule has 6 N–H and O–H groups in total. The van der Waals surface area contributed by atoms with Gasteiger partial charge in [0.2, 0.25) is 0 Å². The molecule has 0 bridgehead atoms. The molecule has 13 nitrogen and oxygen atoms in total. The number of rotatable bonds is 6. The van der Waals surface area contributed by atoms with Crippen molar-refractivity contribution in [1.29, 1.82) is 0 Å². The molecule has 4 heterocycles. The maximum absolute atomic E-state index is 13.0. The SMILES string of the molecule is Nc1nc(/C(=N/O)C(=O)N[C@@H]2C(=O)N3C(C(=O)O)=C(C=C4CCN(c5ccc(O)cc5)C4=O)CC[C@H]23)cs1.[H-].[Na+]. The summed E-state index contributed by atoms with van der Waals surface area (Å²) in [7, 11) is 0. The molecular formula is C24H23N6NaO7S. The standard InChI is InChI=1S/C24H22N6O7S.Na.H/c25-24-26-15(10-38-24)17(28-37)20(32)27-18-16-6-1-11(19(23(35)36)30(16)22(18)34)9-12-7-8-29(21(12)33)13-2-4-14(31)5-3-13;;/h2-5,9-10,16,18,31,37H,1,6-8H2,(H2,25,26)(H,27,32)(H,35,36);;/q;+1;-1/b12-9?,28-17-;;/t16-,18+;;/m1../s1. The van der Waals surface area contributed by atoms with E-state index in [1.165, 1.54) is 28.5 Å². The zero-order valence-electron chi connectivity index (χ0n) is 21.7. The van der Waals surface area contributed by atoms with Crippen molar-refractivity contribution < 1.29 is 65.6 Å². The summed E-state index contributed by atoms with van der Waals surface area (Å²) < 4.78 is 0. The molecule has 2 atom stereocenters. The van der Waals surface area contributed by atoms with Crippen molar-refractivity contribution in [3.63, 3.8) is 0 Å². The zero-order valence-corrected chi connectivity index (χ0v) is 23.5. The van der Waals surface area contributed by atoms with Crippen LogP contribution in [0.15, 0.2) is 57.7 Å². The number of nitrogens with zero attached hydrogens (tertiary/aromatic N) is 4. The maximum atomic E-state index is 13.0. The van der Waals surface area contributed by atoms with Crippen LogP contribution < -0.4 is 45.5 Å². The molecule has 0 radical (unpaired) electrons. The number of phenols is 1. The quantitative estimate of drug-likeness (QED) is 0.0655. The van der Waals surface area contributed by atoms with Crippen LogP contribution in [0.2, 0.25) is 0 Å². The second-order valence-corrected chi connectivity index (χ2v) is 9.75. The number of fused-ring (bicyclic) bond motifs is 1. The van der Waals surface area contributed by atoms with Crippen LogP contribution >= 0.6 is 11.3 Å². The number of hydrogen-bond acceptors (Lipinski definition) is 10. The Bertz CT molecular complexity index is 1460. The number of aromatic hydroxyl groups is 1. The van der Waals surface area contributed by atoms with E-state index >= 15 is 0 Å². The molecule has 39 heavy (non-hydrogen) atoms. The Hall–Kier alpha value is -3.72. The summed E-state index contributed by atoms with van der Waals surface area (Å²) in [5.74, 6) is -3.01. The van der Waals surface area contributed by atoms with Crippen LogP contribution in [0.4, 0.5) is 10.8 Å². The molecule has 3 aliphatic rings. The van der Waals surface area contributed by atoms with Gasteiger partial charge in [-0.15, -0.1) is 11.3 Å². The fourth-order valence-electron chi connectivity index (χ4n) is 4.89. The number of nitrogens with two attached hydrogens (primary N) is 1. The fourth-order valence-corrected chi connectivity index (χ4v) is 5.44. The fraction of sp³-hybridized carbons (Fsp3) is 0.250. The number of carbonyl (C=O) groups excluding carboxylic acids is 3. The number of allylic oxidation sites excluding steroid dienone is 2. The molecular weight excluding hydrogens is 539 g/mol. The van der Waals surface area contributed by atoms with Gasteiger partial charge in [-0.05, 0) is 55.2 Å². The number of phenolic OH excluding ortho intramolecular Hbond substituents is 1. The first-order valence-corrected chi connectivity index (χ1v) is 12.4. The Morgan fingerprint density at radius 1 is 1.23 bits per heavy atom. The van der Waals surface area contributed by atoms with Crippen molar-refractivity contribution >= 4 is 51.6 Å². The third-order valence-corrected chi connectivity index (χ3v) is 7.35. The van der Waals surface area contributed by atoms with E-state index in [1.807, 2.05) is 0 Å². The van der Waals surface area contributed by atoms with Gasteiger partial charge < -0.3 is 32.8 Å². The van der Waals surface area contributed by atoms with Crippen LogP contribution in [0.5, 0.6) is 5.75 Å². The number of nitrogen functional groups attached to an aromatic ring is 1.